The van der Waals surface area contributed by atoms with Gasteiger partial charge >= 0.3 is 0 Å². The van der Waals surface area contributed by atoms with Crippen molar-refractivity contribution in [3.05, 3.63) is 68.9 Å². The number of rotatable bonds is 2. The summed E-state index contributed by atoms with van der Waals surface area (Å²) in [5.41, 5.74) is 0.903. The van der Waals surface area contributed by atoms with Crippen LogP contribution >= 0.6 is 34.8 Å². The Kier molecular flexibility index (Phi) is 3.47. The maximum atomic E-state index is 12.3. The highest BCUT2D eigenvalue weighted by Gasteiger charge is 2.16. The first-order valence-corrected chi connectivity index (χ1v) is 6.87. The van der Waals surface area contributed by atoms with E-state index in [1.165, 1.54) is 0 Å². The van der Waals surface area contributed by atoms with Crippen LogP contribution in [0.4, 0.5) is 0 Å². The number of hydrogen-bond donors (Lipinski definition) is 0. The molecule has 0 spiro atoms. The molecular weight excluding hydrogens is 319 g/mol. The van der Waals surface area contributed by atoms with Crippen molar-refractivity contribution in [3.8, 4) is 0 Å². The smallest absolute Gasteiger partial charge is 0.228 e. The summed E-state index contributed by atoms with van der Waals surface area (Å²) >= 11 is 17.8. The van der Waals surface area contributed by atoms with Crippen LogP contribution in [-0.2, 0) is 0 Å². The van der Waals surface area contributed by atoms with Gasteiger partial charge in [-0.2, -0.15) is 0 Å². The van der Waals surface area contributed by atoms with Gasteiger partial charge in [-0.15, -0.1) is 0 Å². The Labute approximate surface area is 129 Å². The number of carbonyl (C=O) groups is 1. The number of ketones is 1. The molecule has 0 radical (unpaired) electrons. The van der Waals surface area contributed by atoms with Crippen LogP contribution in [0.25, 0.3) is 11.0 Å². The van der Waals surface area contributed by atoms with Gasteiger partial charge in [0.15, 0.2) is 11.3 Å². The van der Waals surface area contributed by atoms with Crippen molar-refractivity contribution in [1.82, 2.24) is 0 Å². The fourth-order valence-electron chi connectivity index (χ4n) is 1.96. The van der Waals surface area contributed by atoms with E-state index >= 15 is 0 Å². The van der Waals surface area contributed by atoms with Crippen LogP contribution in [0.5, 0.6) is 0 Å². The van der Waals surface area contributed by atoms with Crippen LogP contribution < -0.4 is 0 Å². The molecule has 0 bridgehead atoms. The zero-order valence-corrected chi connectivity index (χ0v) is 12.3. The van der Waals surface area contributed by atoms with E-state index in [0.717, 1.165) is 0 Å². The lowest BCUT2D eigenvalue weighted by Gasteiger charge is -1.97. The molecule has 0 saturated heterocycles. The van der Waals surface area contributed by atoms with Gasteiger partial charge < -0.3 is 4.42 Å². The van der Waals surface area contributed by atoms with Gasteiger partial charge in [-0.05, 0) is 30.3 Å². The molecule has 2 nitrogen and oxygen atoms in total. The molecule has 100 valence electrons. The number of benzene rings is 2. The molecule has 0 amide bonds. The Balaban J connectivity index is 2.11. The molecule has 0 saturated carbocycles. The highest BCUT2D eigenvalue weighted by atomic mass is 35.5. The average molecular weight is 326 g/mol. The summed E-state index contributed by atoms with van der Waals surface area (Å²) in [6.45, 7) is 0. The number of hydrogen-bond acceptors (Lipinski definition) is 2. The third kappa shape index (κ3) is 2.42. The van der Waals surface area contributed by atoms with Gasteiger partial charge in [0.25, 0.3) is 0 Å². The molecule has 1 aromatic heterocycles. The summed E-state index contributed by atoms with van der Waals surface area (Å²) in [7, 11) is 0. The van der Waals surface area contributed by atoms with E-state index in [1.807, 2.05) is 0 Å². The Morgan fingerprint density at radius 2 is 1.75 bits per heavy atom. The summed E-state index contributed by atoms with van der Waals surface area (Å²) in [4.78, 5) is 12.3. The summed E-state index contributed by atoms with van der Waals surface area (Å²) in [5, 5.41) is 2.05. The highest BCUT2D eigenvalue weighted by molar-refractivity contribution is 6.38. The third-order valence-corrected chi connectivity index (χ3v) is 3.58. The van der Waals surface area contributed by atoms with Gasteiger partial charge in [0, 0.05) is 21.0 Å². The monoisotopic (exact) mass is 324 g/mol. The fourth-order valence-corrected chi connectivity index (χ4v) is 2.70. The van der Waals surface area contributed by atoms with Crippen molar-refractivity contribution in [1.29, 1.82) is 0 Å². The minimum absolute atomic E-state index is 0.200. The predicted molar refractivity (Wildman–Crippen MR) is 81.1 cm³/mol. The minimum atomic E-state index is -0.254. The molecule has 0 aliphatic rings. The van der Waals surface area contributed by atoms with Gasteiger partial charge in [-0.25, -0.2) is 0 Å². The molecule has 0 fully saturated rings. The van der Waals surface area contributed by atoms with E-state index in [2.05, 4.69) is 0 Å². The van der Waals surface area contributed by atoms with E-state index < -0.39 is 0 Å². The molecule has 0 atom stereocenters. The van der Waals surface area contributed by atoms with Gasteiger partial charge in [-0.1, -0.05) is 46.9 Å². The summed E-state index contributed by atoms with van der Waals surface area (Å²) in [6, 6.07) is 11.6. The SMILES string of the molecule is O=C(c1cccc(Cl)c1)c1cc2cc(Cl)cc(Cl)c2o1. The van der Waals surface area contributed by atoms with Gasteiger partial charge in [0.1, 0.15) is 0 Å². The average Bonchev–Trinajstić information content (AvgIpc) is 2.82. The lowest BCUT2D eigenvalue weighted by atomic mass is 10.1. The molecule has 5 heteroatoms. The fraction of sp³-hybridized carbons (Fsp3) is 0. The maximum Gasteiger partial charge on any atom is 0.228 e. The maximum absolute atomic E-state index is 12.3. The molecule has 1 heterocycles. The molecule has 0 aliphatic heterocycles. The molecule has 3 rings (SSSR count). The molecule has 0 unspecified atom stereocenters. The molecular formula is C15H7Cl3O2. The predicted octanol–water partition coefficient (Wildman–Crippen LogP) is 5.62. The molecule has 20 heavy (non-hydrogen) atoms. The van der Waals surface area contributed by atoms with E-state index in [0.29, 0.717) is 31.6 Å². The lowest BCUT2D eigenvalue weighted by Crippen LogP contribution is -1.98. The molecule has 0 aliphatic carbocycles. The summed E-state index contributed by atoms with van der Waals surface area (Å²) in [6.07, 6.45) is 0. The normalized spacial score (nSPS) is 10.9. The first kappa shape index (κ1) is 13.5. The number of furan rings is 1. The number of halogens is 3. The van der Waals surface area contributed by atoms with E-state index in [4.69, 9.17) is 39.2 Å². The second-order valence-corrected chi connectivity index (χ2v) is 5.54. The first-order valence-electron chi connectivity index (χ1n) is 5.73. The molecule has 0 N–H and O–H groups in total. The molecule has 2 aromatic carbocycles. The standard InChI is InChI=1S/C15H7Cl3O2/c16-10-3-1-2-8(4-10)14(19)13-6-9-5-11(17)7-12(18)15(9)20-13/h1-7H. The quantitative estimate of drug-likeness (QED) is 0.572. The van der Waals surface area contributed by atoms with Crippen LogP contribution in [0.15, 0.2) is 46.9 Å². The van der Waals surface area contributed by atoms with Gasteiger partial charge in [-0.3, -0.25) is 4.79 Å². The highest BCUT2D eigenvalue weighted by Crippen LogP contribution is 2.31. The van der Waals surface area contributed by atoms with Crippen LogP contribution in [-0.4, -0.2) is 5.78 Å². The zero-order valence-electron chi connectivity index (χ0n) is 9.99. The van der Waals surface area contributed by atoms with Crippen molar-refractivity contribution in [3.63, 3.8) is 0 Å². The summed E-state index contributed by atoms with van der Waals surface area (Å²) < 4.78 is 5.53. The number of fused-ring (bicyclic) bond motifs is 1. The second-order valence-electron chi connectivity index (χ2n) is 4.26. The van der Waals surface area contributed by atoms with E-state index in [1.54, 1.807) is 42.5 Å². The van der Waals surface area contributed by atoms with Crippen LogP contribution in [0.3, 0.4) is 0 Å². The Bertz CT molecular complexity index is 821. The van der Waals surface area contributed by atoms with Crippen molar-refractivity contribution >= 4 is 51.6 Å². The summed E-state index contributed by atoms with van der Waals surface area (Å²) in [5.74, 6) is -0.0534. The topological polar surface area (TPSA) is 30.2 Å². The van der Waals surface area contributed by atoms with E-state index in [9.17, 15) is 4.79 Å². The zero-order chi connectivity index (χ0) is 14.3. The Morgan fingerprint density at radius 1 is 0.950 bits per heavy atom. The van der Waals surface area contributed by atoms with Gasteiger partial charge in [0.05, 0.1) is 5.02 Å². The Morgan fingerprint density at radius 3 is 2.50 bits per heavy atom. The van der Waals surface area contributed by atoms with Crippen LogP contribution in [0.1, 0.15) is 16.1 Å². The van der Waals surface area contributed by atoms with Crippen LogP contribution in [0, 0.1) is 0 Å². The van der Waals surface area contributed by atoms with Crippen molar-refractivity contribution < 1.29 is 9.21 Å². The third-order valence-electron chi connectivity index (χ3n) is 2.85. The molecule has 3 aromatic rings. The van der Waals surface area contributed by atoms with Gasteiger partial charge in [0.2, 0.25) is 5.78 Å². The second kappa shape index (κ2) is 5.13. The first-order chi connectivity index (χ1) is 9.54. The van der Waals surface area contributed by atoms with Crippen molar-refractivity contribution in [2.24, 2.45) is 0 Å². The van der Waals surface area contributed by atoms with E-state index in [-0.39, 0.29) is 11.5 Å². The van der Waals surface area contributed by atoms with Crippen molar-refractivity contribution in [2.45, 2.75) is 0 Å². The van der Waals surface area contributed by atoms with Crippen molar-refractivity contribution in [2.75, 3.05) is 0 Å². The van der Waals surface area contributed by atoms with Crippen LogP contribution in [0.2, 0.25) is 15.1 Å². The Hall–Kier alpha value is -1.48. The lowest BCUT2D eigenvalue weighted by molar-refractivity contribution is 0.101. The number of carbonyl (C=O) groups excluding carboxylic acids is 1. The minimum Gasteiger partial charge on any atom is -0.451 e. The largest absolute Gasteiger partial charge is 0.451 e.